The molecule has 0 atom stereocenters. The second kappa shape index (κ2) is 5.95. The summed E-state index contributed by atoms with van der Waals surface area (Å²) in [4.78, 5) is 0.229. The normalized spacial score (nSPS) is 11.3. The summed E-state index contributed by atoms with van der Waals surface area (Å²) in [5, 5.41) is 0. The van der Waals surface area contributed by atoms with Gasteiger partial charge in [-0.2, -0.15) is 0 Å². The molecule has 0 bridgehead atoms. The molecule has 106 valence electrons. The highest BCUT2D eigenvalue weighted by Crippen LogP contribution is 2.28. The Hall–Kier alpha value is -1.37. The molecule has 0 saturated carbocycles. The lowest BCUT2D eigenvalue weighted by atomic mass is 10.2. The first kappa shape index (κ1) is 15.0. The predicted octanol–water partition coefficient (Wildman–Crippen LogP) is 3.10. The zero-order valence-electron chi connectivity index (χ0n) is 10.8. The van der Waals surface area contributed by atoms with Crippen molar-refractivity contribution in [3.05, 3.63) is 52.5 Å². The highest BCUT2D eigenvalue weighted by Gasteiger charge is 2.08. The average Bonchev–Trinajstić information content (AvgIpc) is 2.38. The van der Waals surface area contributed by atoms with Crippen molar-refractivity contribution in [1.29, 1.82) is 0 Å². The molecule has 2 aromatic rings. The molecule has 0 radical (unpaired) electrons. The number of hydrogen-bond donors (Lipinski definition) is 1. The van der Waals surface area contributed by atoms with Gasteiger partial charge >= 0.3 is 0 Å². The van der Waals surface area contributed by atoms with Crippen LogP contribution in [-0.2, 0) is 16.4 Å². The van der Waals surface area contributed by atoms with E-state index in [1.165, 1.54) is 18.4 Å². The van der Waals surface area contributed by atoms with E-state index in [4.69, 9.17) is 10.5 Å². The smallest absolute Gasteiger partial charge is 0.175 e. The summed E-state index contributed by atoms with van der Waals surface area (Å²) in [6.07, 6.45) is 1.17. The molecule has 2 aromatic carbocycles. The van der Waals surface area contributed by atoms with Gasteiger partial charge in [0.05, 0.1) is 4.90 Å². The van der Waals surface area contributed by atoms with Crippen LogP contribution in [0.3, 0.4) is 0 Å². The van der Waals surface area contributed by atoms with Gasteiger partial charge in [0.25, 0.3) is 0 Å². The molecule has 0 saturated heterocycles. The van der Waals surface area contributed by atoms with Gasteiger partial charge in [-0.15, -0.1) is 0 Å². The van der Waals surface area contributed by atoms with Crippen LogP contribution in [0, 0.1) is 0 Å². The Bertz CT molecular complexity index is 729. The molecule has 0 aliphatic rings. The van der Waals surface area contributed by atoms with Gasteiger partial charge in [-0.25, -0.2) is 8.42 Å². The SMILES string of the molecule is CS(=O)(=O)c1cccc(Oc2ccc(CN)c(Br)c2)c1. The highest BCUT2D eigenvalue weighted by molar-refractivity contribution is 9.10. The summed E-state index contributed by atoms with van der Waals surface area (Å²) < 4.78 is 29.5. The minimum atomic E-state index is -3.24. The molecule has 2 N–H and O–H groups in total. The maximum atomic E-state index is 11.5. The highest BCUT2D eigenvalue weighted by atomic mass is 79.9. The van der Waals surface area contributed by atoms with Crippen molar-refractivity contribution >= 4 is 25.8 Å². The number of nitrogens with two attached hydrogens (primary N) is 1. The topological polar surface area (TPSA) is 69.4 Å². The number of ether oxygens (including phenoxy) is 1. The molecule has 0 aliphatic carbocycles. The van der Waals surface area contributed by atoms with E-state index in [9.17, 15) is 8.42 Å². The molecule has 0 spiro atoms. The fourth-order valence-electron chi connectivity index (χ4n) is 1.66. The summed E-state index contributed by atoms with van der Waals surface area (Å²) in [7, 11) is -3.24. The number of benzene rings is 2. The van der Waals surface area contributed by atoms with Crippen LogP contribution in [0.2, 0.25) is 0 Å². The van der Waals surface area contributed by atoms with Crippen LogP contribution in [0.25, 0.3) is 0 Å². The van der Waals surface area contributed by atoms with Gasteiger partial charge in [0.15, 0.2) is 9.84 Å². The third-order valence-electron chi connectivity index (χ3n) is 2.71. The van der Waals surface area contributed by atoms with Gasteiger partial charge in [0, 0.05) is 17.3 Å². The van der Waals surface area contributed by atoms with Crippen molar-refractivity contribution in [3.63, 3.8) is 0 Å². The van der Waals surface area contributed by atoms with E-state index >= 15 is 0 Å². The Morgan fingerprint density at radius 3 is 2.45 bits per heavy atom. The molecule has 0 aliphatic heterocycles. The first-order valence-electron chi connectivity index (χ1n) is 5.86. The molecule has 0 fully saturated rings. The average molecular weight is 356 g/mol. The summed E-state index contributed by atoms with van der Waals surface area (Å²) >= 11 is 3.41. The number of rotatable bonds is 4. The van der Waals surface area contributed by atoms with E-state index in [1.807, 2.05) is 6.07 Å². The summed E-state index contributed by atoms with van der Waals surface area (Å²) in [6, 6.07) is 11.8. The molecule has 6 heteroatoms. The lowest BCUT2D eigenvalue weighted by Crippen LogP contribution is -1.98. The van der Waals surface area contributed by atoms with E-state index in [2.05, 4.69) is 15.9 Å². The van der Waals surface area contributed by atoms with Crippen LogP contribution >= 0.6 is 15.9 Å². The number of halogens is 1. The fraction of sp³-hybridized carbons (Fsp3) is 0.143. The molecule has 20 heavy (non-hydrogen) atoms. The Labute approximate surface area is 126 Å². The summed E-state index contributed by atoms with van der Waals surface area (Å²) in [5.74, 6) is 1.08. The molecule has 0 aromatic heterocycles. The van der Waals surface area contributed by atoms with E-state index in [1.54, 1.807) is 24.3 Å². The van der Waals surface area contributed by atoms with Crippen molar-refractivity contribution < 1.29 is 13.2 Å². The number of hydrogen-bond acceptors (Lipinski definition) is 4. The van der Waals surface area contributed by atoms with Crippen LogP contribution in [0.4, 0.5) is 0 Å². The minimum absolute atomic E-state index is 0.229. The van der Waals surface area contributed by atoms with E-state index in [-0.39, 0.29) is 4.90 Å². The Morgan fingerprint density at radius 2 is 1.85 bits per heavy atom. The molecular formula is C14H14BrNO3S. The van der Waals surface area contributed by atoms with Crippen LogP contribution < -0.4 is 10.5 Å². The van der Waals surface area contributed by atoms with Crippen LogP contribution in [0.5, 0.6) is 11.5 Å². The quantitative estimate of drug-likeness (QED) is 0.914. The third kappa shape index (κ3) is 3.59. The van der Waals surface area contributed by atoms with Crippen molar-refractivity contribution in [2.24, 2.45) is 5.73 Å². The van der Waals surface area contributed by atoms with Gasteiger partial charge < -0.3 is 10.5 Å². The van der Waals surface area contributed by atoms with Crippen molar-refractivity contribution in [3.8, 4) is 11.5 Å². The fourth-order valence-corrected chi connectivity index (χ4v) is 2.84. The second-order valence-corrected chi connectivity index (χ2v) is 7.18. The Morgan fingerprint density at radius 1 is 1.15 bits per heavy atom. The molecule has 0 amide bonds. The van der Waals surface area contributed by atoms with Gasteiger partial charge in [-0.1, -0.05) is 28.1 Å². The molecule has 2 rings (SSSR count). The van der Waals surface area contributed by atoms with Gasteiger partial charge in [-0.05, 0) is 35.9 Å². The molecule has 0 unspecified atom stereocenters. The standard InChI is InChI=1S/C14H14BrNO3S/c1-20(17,18)13-4-2-3-11(7-13)19-12-6-5-10(9-16)14(15)8-12/h2-8H,9,16H2,1H3. The van der Waals surface area contributed by atoms with Gasteiger partial charge in [-0.3, -0.25) is 0 Å². The molecule has 4 nitrogen and oxygen atoms in total. The first-order valence-corrected chi connectivity index (χ1v) is 8.55. The zero-order chi connectivity index (χ0) is 14.8. The largest absolute Gasteiger partial charge is 0.457 e. The zero-order valence-corrected chi connectivity index (χ0v) is 13.2. The van der Waals surface area contributed by atoms with E-state index < -0.39 is 9.84 Å². The van der Waals surface area contributed by atoms with Crippen LogP contribution in [0.15, 0.2) is 51.8 Å². The van der Waals surface area contributed by atoms with Gasteiger partial charge in [0.1, 0.15) is 11.5 Å². The van der Waals surface area contributed by atoms with Crippen molar-refractivity contribution in [1.82, 2.24) is 0 Å². The summed E-state index contributed by atoms with van der Waals surface area (Å²) in [6.45, 7) is 0.435. The third-order valence-corrected chi connectivity index (χ3v) is 4.56. The molecule has 0 heterocycles. The number of sulfone groups is 1. The van der Waals surface area contributed by atoms with Crippen molar-refractivity contribution in [2.75, 3.05) is 6.26 Å². The maximum Gasteiger partial charge on any atom is 0.175 e. The van der Waals surface area contributed by atoms with Crippen LogP contribution in [-0.4, -0.2) is 14.7 Å². The Balaban J connectivity index is 2.29. The van der Waals surface area contributed by atoms with Crippen LogP contribution in [0.1, 0.15) is 5.56 Å². The van der Waals surface area contributed by atoms with E-state index in [0.29, 0.717) is 18.0 Å². The lowest BCUT2D eigenvalue weighted by Gasteiger charge is -2.09. The monoisotopic (exact) mass is 355 g/mol. The maximum absolute atomic E-state index is 11.5. The first-order chi connectivity index (χ1) is 9.40. The second-order valence-electron chi connectivity index (χ2n) is 4.31. The predicted molar refractivity (Wildman–Crippen MR) is 81.7 cm³/mol. The summed E-state index contributed by atoms with van der Waals surface area (Å²) in [5.41, 5.74) is 6.56. The van der Waals surface area contributed by atoms with Crippen molar-refractivity contribution in [2.45, 2.75) is 11.4 Å². The van der Waals surface area contributed by atoms with Gasteiger partial charge in [0.2, 0.25) is 0 Å². The minimum Gasteiger partial charge on any atom is -0.457 e. The molecular weight excluding hydrogens is 342 g/mol. The van der Waals surface area contributed by atoms with E-state index in [0.717, 1.165) is 10.0 Å². The Kier molecular flexibility index (Phi) is 4.47. The lowest BCUT2D eigenvalue weighted by molar-refractivity contribution is 0.480.